The molecule has 1 aliphatic carbocycles. The second-order valence-electron chi connectivity index (χ2n) is 2.79. The highest BCUT2D eigenvalue weighted by Crippen LogP contribution is 2.21. The maximum atomic E-state index is 5.71. The lowest BCUT2D eigenvalue weighted by atomic mass is 9.87. The summed E-state index contributed by atoms with van der Waals surface area (Å²) < 4.78 is 0. The number of hydrogen-bond acceptors (Lipinski definition) is 1. The van der Waals surface area contributed by atoms with Crippen LogP contribution in [0.15, 0.2) is 0 Å². The summed E-state index contributed by atoms with van der Waals surface area (Å²) in [6.45, 7) is 0. The smallest absolute Gasteiger partial charge is 0.0214 e. The lowest BCUT2D eigenvalue weighted by molar-refractivity contribution is 0.381. The molecule has 1 saturated carbocycles. The van der Waals surface area contributed by atoms with Crippen molar-refractivity contribution < 1.29 is 0 Å². The van der Waals surface area contributed by atoms with Gasteiger partial charge in [0.1, 0.15) is 0 Å². The van der Waals surface area contributed by atoms with Gasteiger partial charge in [-0.05, 0) is 19.3 Å². The summed E-state index contributed by atoms with van der Waals surface area (Å²) in [5.41, 5.74) is 5.71. The molecule has 0 heterocycles. The maximum Gasteiger partial charge on any atom is 0.0214 e. The molecule has 2 atom stereocenters. The first-order valence-corrected chi connectivity index (χ1v) is 3.54. The van der Waals surface area contributed by atoms with Gasteiger partial charge in [0.05, 0.1) is 0 Å². The molecule has 0 saturated heterocycles. The van der Waals surface area contributed by atoms with E-state index >= 15 is 0 Å². The second-order valence-corrected chi connectivity index (χ2v) is 2.79. The van der Waals surface area contributed by atoms with Gasteiger partial charge in [-0.25, -0.2) is 0 Å². The average Bonchev–Trinajstić information content (AvgIpc) is 1.88. The Hall–Kier alpha value is -0.190. The third-order valence-corrected chi connectivity index (χ3v) is 1.95. The van der Waals surface area contributed by atoms with Crippen LogP contribution in [0.4, 0.5) is 0 Å². The Balaban J connectivity index is 0.000000810. The van der Waals surface area contributed by atoms with E-state index in [4.69, 9.17) is 12.2 Å². The van der Waals surface area contributed by atoms with Gasteiger partial charge in [-0.1, -0.05) is 6.42 Å². The van der Waals surface area contributed by atoms with E-state index in [2.05, 4.69) is 5.92 Å². The van der Waals surface area contributed by atoms with E-state index in [1.54, 1.807) is 0 Å². The Morgan fingerprint density at radius 2 is 2.10 bits per heavy atom. The molecule has 0 bridgehead atoms. The molecule has 1 fully saturated rings. The van der Waals surface area contributed by atoms with Gasteiger partial charge >= 0.3 is 0 Å². The van der Waals surface area contributed by atoms with Gasteiger partial charge in [0.2, 0.25) is 0 Å². The van der Waals surface area contributed by atoms with E-state index in [-0.39, 0.29) is 12.4 Å². The van der Waals surface area contributed by atoms with Gasteiger partial charge in [0, 0.05) is 12.0 Å². The molecule has 0 aliphatic heterocycles. The molecule has 0 aromatic rings. The third kappa shape index (κ3) is 2.60. The Morgan fingerprint density at radius 3 is 2.50 bits per heavy atom. The number of hydrogen-bond donors (Lipinski definition) is 1. The van der Waals surface area contributed by atoms with E-state index in [0.29, 0.717) is 12.0 Å². The molecule has 0 amide bonds. The molecule has 1 aliphatic rings. The van der Waals surface area contributed by atoms with Crippen LogP contribution in [0.5, 0.6) is 0 Å². The predicted molar refractivity (Wildman–Crippen MR) is 46.0 cm³/mol. The largest absolute Gasteiger partial charge is 0.328 e. The van der Waals surface area contributed by atoms with E-state index in [1.807, 2.05) is 0 Å². The lowest BCUT2D eigenvalue weighted by Crippen LogP contribution is -2.26. The summed E-state index contributed by atoms with van der Waals surface area (Å²) in [6, 6.07) is 0.375. The standard InChI is InChI=1S/C8H13N.ClH/c1-2-7-4-3-5-8(9)6-7;/h1,7-8H,3-6,9H2;1H. The molecule has 0 aromatic heterocycles. The van der Waals surface area contributed by atoms with Crippen molar-refractivity contribution in [2.45, 2.75) is 31.7 Å². The maximum absolute atomic E-state index is 5.71. The van der Waals surface area contributed by atoms with Gasteiger partial charge in [-0.15, -0.1) is 24.8 Å². The Morgan fingerprint density at radius 1 is 1.40 bits per heavy atom. The van der Waals surface area contributed by atoms with Crippen LogP contribution in [0.25, 0.3) is 0 Å². The first kappa shape index (κ1) is 9.81. The zero-order valence-corrected chi connectivity index (χ0v) is 6.86. The lowest BCUT2D eigenvalue weighted by Gasteiger charge is -2.22. The van der Waals surface area contributed by atoms with E-state index in [9.17, 15) is 0 Å². The highest BCUT2D eigenvalue weighted by molar-refractivity contribution is 5.85. The summed E-state index contributed by atoms with van der Waals surface area (Å²) in [5.74, 6) is 3.22. The fourth-order valence-electron chi connectivity index (χ4n) is 1.38. The van der Waals surface area contributed by atoms with Crippen molar-refractivity contribution in [3.63, 3.8) is 0 Å². The van der Waals surface area contributed by atoms with Crippen LogP contribution in [-0.4, -0.2) is 6.04 Å². The van der Waals surface area contributed by atoms with Gasteiger partial charge in [-0.2, -0.15) is 0 Å². The molecule has 0 aromatic carbocycles. The first-order valence-electron chi connectivity index (χ1n) is 3.54. The minimum atomic E-state index is 0. The summed E-state index contributed by atoms with van der Waals surface area (Å²) in [4.78, 5) is 0. The summed E-state index contributed by atoms with van der Waals surface area (Å²) >= 11 is 0. The van der Waals surface area contributed by atoms with Crippen LogP contribution in [0.2, 0.25) is 0 Å². The van der Waals surface area contributed by atoms with Crippen molar-refractivity contribution in [1.82, 2.24) is 0 Å². The molecular formula is C8H14ClN. The topological polar surface area (TPSA) is 26.0 Å². The third-order valence-electron chi connectivity index (χ3n) is 1.95. The molecule has 58 valence electrons. The molecular weight excluding hydrogens is 146 g/mol. The highest BCUT2D eigenvalue weighted by Gasteiger charge is 2.16. The molecule has 0 spiro atoms. The summed E-state index contributed by atoms with van der Waals surface area (Å²) in [7, 11) is 0. The Labute approximate surface area is 68.8 Å². The minimum Gasteiger partial charge on any atom is -0.328 e. The van der Waals surface area contributed by atoms with Crippen LogP contribution in [-0.2, 0) is 0 Å². The molecule has 2 N–H and O–H groups in total. The molecule has 2 unspecified atom stereocenters. The van der Waals surface area contributed by atoms with Crippen molar-refractivity contribution in [3.8, 4) is 12.3 Å². The molecule has 2 heteroatoms. The van der Waals surface area contributed by atoms with Crippen molar-refractivity contribution in [2.24, 2.45) is 11.7 Å². The van der Waals surface area contributed by atoms with E-state index in [1.165, 1.54) is 12.8 Å². The number of terminal acetylenes is 1. The first-order chi connectivity index (χ1) is 4.33. The quantitative estimate of drug-likeness (QED) is 0.534. The SMILES string of the molecule is C#CC1CCCC(N)C1.Cl. The van der Waals surface area contributed by atoms with Crippen LogP contribution >= 0.6 is 12.4 Å². The van der Waals surface area contributed by atoms with Gasteiger partial charge in [0.25, 0.3) is 0 Å². The molecule has 10 heavy (non-hydrogen) atoms. The zero-order valence-electron chi connectivity index (χ0n) is 6.05. The van der Waals surface area contributed by atoms with E-state index < -0.39 is 0 Å². The normalized spacial score (nSPS) is 32.0. The minimum absolute atomic E-state index is 0. The van der Waals surface area contributed by atoms with Crippen LogP contribution in [0.3, 0.4) is 0 Å². The number of halogens is 1. The summed E-state index contributed by atoms with van der Waals surface area (Å²) in [6.07, 6.45) is 9.87. The Bertz CT molecular complexity index is 128. The Kier molecular flexibility index (Phi) is 4.51. The molecule has 1 rings (SSSR count). The van der Waals surface area contributed by atoms with Crippen LogP contribution in [0.1, 0.15) is 25.7 Å². The average molecular weight is 160 g/mol. The van der Waals surface area contributed by atoms with Crippen molar-refractivity contribution in [3.05, 3.63) is 0 Å². The van der Waals surface area contributed by atoms with E-state index in [0.717, 1.165) is 12.8 Å². The highest BCUT2D eigenvalue weighted by atomic mass is 35.5. The van der Waals surface area contributed by atoms with Gasteiger partial charge in [0.15, 0.2) is 0 Å². The monoisotopic (exact) mass is 159 g/mol. The second kappa shape index (κ2) is 4.60. The van der Waals surface area contributed by atoms with Crippen LogP contribution < -0.4 is 5.73 Å². The van der Waals surface area contributed by atoms with Crippen LogP contribution in [0, 0.1) is 18.3 Å². The molecule has 1 nitrogen and oxygen atoms in total. The van der Waals surface area contributed by atoms with Crippen molar-refractivity contribution in [2.75, 3.05) is 0 Å². The molecule has 0 radical (unpaired) electrons. The van der Waals surface area contributed by atoms with Gasteiger partial charge < -0.3 is 5.73 Å². The summed E-state index contributed by atoms with van der Waals surface area (Å²) in [5, 5.41) is 0. The fourth-order valence-corrected chi connectivity index (χ4v) is 1.38. The number of rotatable bonds is 0. The van der Waals surface area contributed by atoms with Crippen molar-refractivity contribution in [1.29, 1.82) is 0 Å². The number of nitrogens with two attached hydrogens (primary N) is 1. The van der Waals surface area contributed by atoms with Gasteiger partial charge in [-0.3, -0.25) is 0 Å². The zero-order chi connectivity index (χ0) is 6.69. The fraction of sp³-hybridized carbons (Fsp3) is 0.750. The predicted octanol–water partition coefficient (Wildman–Crippen LogP) is 1.56. The van der Waals surface area contributed by atoms with Crippen molar-refractivity contribution >= 4 is 12.4 Å².